The van der Waals surface area contributed by atoms with Crippen LogP contribution < -0.4 is 5.32 Å². The molecule has 0 aromatic rings. The Hall–Kier alpha value is -1.30. The summed E-state index contributed by atoms with van der Waals surface area (Å²) in [7, 11) is 0. The molecule has 1 aliphatic carbocycles. The van der Waals surface area contributed by atoms with Crippen molar-refractivity contribution in [2.45, 2.75) is 91.6 Å². The predicted molar refractivity (Wildman–Crippen MR) is 96.3 cm³/mol. The summed E-state index contributed by atoms with van der Waals surface area (Å²) in [6, 6.07) is -0.783. The van der Waals surface area contributed by atoms with E-state index in [4.69, 9.17) is 14.2 Å². The molecule has 6 heteroatoms. The smallest absolute Gasteiger partial charge is 0.408 e. The lowest BCUT2D eigenvalue weighted by atomic mass is 10.0. The van der Waals surface area contributed by atoms with Crippen molar-refractivity contribution in [1.29, 1.82) is 0 Å². The van der Waals surface area contributed by atoms with E-state index in [-0.39, 0.29) is 18.1 Å². The van der Waals surface area contributed by atoms with E-state index >= 15 is 0 Å². The fourth-order valence-corrected chi connectivity index (χ4v) is 2.48. The topological polar surface area (TPSA) is 73.9 Å². The number of nitrogens with one attached hydrogen (secondary N) is 1. The number of ether oxygens (including phenoxy) is 3. The highest BCUT2D eigenvalue weighted by atomic mass is 16.6. The zero-order valence-electron chi connectivity index (χ0n) is 16.8. The molecule has 1 aliphatic rings. The molecular weight excluding hydrogens is 322 g/mol. The molecule has 0 radical (unpaired) electrons. The molecule has 0 aliphatic heterocycles. The lowest BCUT2D eigenvalue weighted by Gasteiger charge is -2.29. The van der Waals surface area contributed by atoms with Crippen LogP contribution in [0.15, 0.2) is 0 Å². The van der Waals surface area contributed by atoms with E-state index in [9.17, 15) is 9.59 Å². The van der Waals surface area contributed by atoms with Gasteiger partial charge in [-0.3, -0.25) is 0 Å². The lowest BCUT2D eigenvalue weighted by molar-refractivity contribution is -0.163. The van der Waals surface area contributed by atoms with E-state index < -0.39 is 23.7 Å². The maximum absolute atomic E-state index is 12.3. The van der Waals surface area contributed by atoms with Gasteiger partial charge in [0.15, 0.2) is 0 Å². The van der Waals surface area contributed by atoms with Crippen LogP contribution in [0.5, 0.6) is 0 Å². The molecule has 0 aromatic heterocycles. The number of hydrogen-bond acceptors (Lipinski definition) is 5. The number of rotatable bonds is 9. The maximum Gasteiger partial charge on any atom is 0.408 e. The fraction of sp³-hybridized carbons (Fsp3) is 0.895. The summed E-state index contributed by atoms with van der Waals surface area (Å²) in [6.07, 6.45) is 2.50. The van der Waals surface area contributed by atoms with E-state index in [0.29, 0.717) is 6.61 Å². The van der Waals surface area contributed by atoms with Crippen molar-refractivity contribution in [2.24, 2.45) is 11.8 Å². The molecule has 6 nitrogen and oxygen atoms in total. The standard InChI is InChI=1S/C19H35NO5/c1-12(2)16(14(4)23-11-10-15-8-9-15)24-17(21)13(3)20-18(22)25-19(5,6)7/h12-16H,8-11H2,1-7H3,(H,20,22)/t13-,14-,16+/m0/s1. The Morgan fingerprint density at radius 2 is 1.72 bits per heavy atom. The predicted octanol–water partition coefficient (Wildman–Crippen LogP) is 3.67. The first-order valence-corrected chi connectivity index (χ1v) is 9.31. The van der Waals surface area contributed by atoms with Crippen LogP contribution in [-0.2, 0) is 19.0 Å². The summed E-state index contributed by atoms with van der Waals surface area (Å²) >= 11 is 0. The van der Waals surface area contributed by atoms with Crippen molar-refractivity contribution in [2.75, 3.05) is 6.61 Å². The number of esters is 1. The van der Waals surface area contributed by atoms with Gasteiger partial charge in [0.05, 0.1) is 6.10 Å². The van der Waals surface area contributed by atoms with Gasteiger partial charge in [-0.1, -0.05) is 26.7 Å². The Labute approximate surface area is 152 Å². The van der Waals surface area contributed by atoms with Gasteiger partial charge in [-0.05, 0) is 52.9 Å². The molecule has 0 spiro atoms. The third kappa shape index (κ3) is 9.10. The van der Waals surface area contributed by atoms with Crippen LogP contribution >= 0.6 is 0 Å². The van der Waals surface area contributed by atoms with Gasteiger partial charge >= 0.3 is 12.1 Å². The van der Waals surface area contributed by atoms with Gasteiger partial charge in [-0.15, -0.1) is 0 Å². The summed E-state index contributed by atoms with van der Waals surface area (Å²) in [6.45, 7) is 13.5. The van der Waals surface area contributed by atoms with Crippen LogP contribution in [0.4, 0.5) is 4.79 Å². The SMILES string of the molecule is CC(C)[C@@H](OC(=O)[C@H](C)NC(=O)OC(C)(C)C)[C@H](C)OCCC1CC1. The summed E-state index contributed by atoms with van der Waals surface area (Å²) < 4.78 is 16.6. The average Bonchev–Trinajstić information content (AvgIpc) is 3.25. The molecule has 0 bridgehead atoms. The maximum atomic E-state index is 12.3. The van der Waals surface area contributed by atoms with Crippen LogP contribution in [0, 0.1) is 11.8 Å². The third-order valence-corrected chi connectivity index (χ3v) is 4.06. The molecular formula is C19H35NO5. The monoisotopic (exact) mass is 357 g/mol. The number of carbonyl (C=O) groups excluding carboxylic acids is 2. The Morgan fingerprint density at radius 1 is 1.12 bits per heavy atom. The van der Waals surface area contributed by atoms with Crippen molar-refractivity contribution in [3.63, 3.8) is 0 Å². The average molecular weight is 357 g/mol. The molecule has 3 atom stereocenters. The van der Waals surface area contributed by atoms with Gasteiger partial charge in [0.1, 0.15) is 17.7 Å². The molecule has 0 saturated heterocycles. The zero-order chi connectivity index (χ0) is 19.2. The minimum Gasteiger partial charge on any atom is -0.458 e. The Balaban J connectivity index is 2.45. The van der Waals surface area contributed by atoms with E-state index in [1.807, 2.05) is 20.8 Å². The van der Waals surface area contributed by atoms with Crippen molar-refractivity contribution in [1.82, 2.24) is 5.32 Å². The number of carbonyl (C=O) groups is 2. The molecule has 1 rings (SSSR count). The van der Waals surface area contributed by atoms with Gasteiger partial charge in [-0.25, -0.2) is 9.59 Å². The van der Waals surface area contributed by atoms with E-state index in [1.54, 1.807) is 27.7 Å². The summed E-state index contributed by atoms with van der Waals surface area (Å²) in [5, 5.41) is 2.51. The van der Waals surface area contributed by atoms with Gasteiger partial charge in [-0.2, -0.15) is 0 Å². The first kappa shape index (κ1) is 21.7. The Morgan fingerprint density at radius 3 is 2.20 bits per heavy atom. The van der Waals surface area contributed by atoms with Crippen LogP contribution in [0.1, 0.15) is 67.7 Å². The van der Waals surface area contributed by atoms with Gasteiger partial charge in [0.25, 0.3) is 0 Å². The van der Waals surface area contributed by atoms with Gasteiger partial charge in [0, 0.05) is 6.61 Å². The largest absolute Gasteiger partial charge is 0.458 e. The van der Waals surface area contributed by atoms with E-state index in [2.05, 4.69) is 5.32 Å². The van der Waals surface area contributed by atoms with Crippen molar-refractivity contribution in [3.05, 3.63) is 0 Å². The summed E-state index contributed by atoms with van der Waals surface area (Å²) in [4.78, 5) is 24.1. The van der Waals surface area contributed by atoms with E-state index in [1.165, 1.54) is 12.8 Å². The molecule has 1 saturated carbocycles. The highest BCUT2D eigenvalue weighted by Gasteiger charge is 2.30. The van der Waals surface area contributed by atoms with Crippen molar-refractivity contribution < 1.29 is 23.8 Å². The molecule has 0 heterocycles. The Kier molecular flexibility index (Phi) is 8.19. The molecule has 146 valence electrons. The minimum absolute atomic E-state index is 0.119. The summed E-state index contributed by atoms with van der Waals surface area (Å²) in [5.74, 6) is 0.445. The molecule has 1 N–H and O–H groups in total. The third-order valence-electron chi connectivity index (χ3n) is 4.06. The summed E-state index contributed by atoms with van der Waals surface area (Å²) in [5.41, 5.74) is -0.613. The highest BCUT2D eigenvalue weighted by molar-refractivity contribution is 5.81. The second-order valence-corrected chi connectivity index (χ2v) is 8.32. The fourth-order valence-electron chi connectivity index (χ4n) is 2.48. The zero-order valence-corrected chi connectivity index (χ0v) is 16.8. The second-order valence-electron chi connectivity index (χ2n) is 8.32. The quantitative estimate of drug-likeness (QED) is 0.637. The number of hydrogen-bond donors (Lipinski definition) is 1. The molecule has 25 heavy (non-hydrogen) atoms. The Bertz CT molecular complexity index is 440. The highest BCUT2D eigenvalue weighted by Crippen LogP contribution is 2.32. The van der Waals surface area contributed by atoms with Crippen LogP contribution in [0.2, 0.25) is 0 Å². The minimum atomic E-state index is -0.783. The number of amides is 1. The lowest BCUT2D eigenvalue weighted by Crippen LogP contribution is -2.45. The van der Waals surface area contributed by atoms with Gasteiger partial charge in [0.2, 0.25) is 0 Å². The first-order valence-electron chi connectivity index (χ1n) is 9.31. The van der Waals surface area contributed by atoms with E-state index in [0.717, 1.165) is 12.3 Å². The number of alkyl carbamates (subject to hydrolysis) is 1. The normalized spacial score (nSPS) is 18.4. The van der Waals surface area contributed by atoms with Crippen molar-refractivity contribution >= 4 is 12.1 Å². The molecule has 0 unspecified atom stereocenters. The molecule has 0 aromatic carbocycles. The second kappa shape index (κ2) is 9.41. The van der Waals surface area contributed by atoms with Gasteiger partial charge < -0.3 is 19.5 Å². The molecule has 1 fully saturated rings. The molecule has 1 amide bonds. The van der Waals surface area contributed by atoms with Crippen LogP contribution in [0.3, 0.4) is 0 Å². The van der Waals surface area contributed by atoms with Crippen molar-refractivity contribution in [3.8, 4) is 0 Å². The first-order chi connectivity index (χ1) is 11.5. The van der Waals surface area contributed by atoms with Crippen LogP contribution in [0.25, 0.3) is 0 Å². The van der Waals surface area contributed by atoms with Crippen LogP contribution in [-0.4, -0.2) is 42.5 Å².